The van der Waals surface area contributed by atoms with Gasteiger partial charge in [0, 0.05) is 22.3 Å². The number of pyridine rings is 1. The van der Waals surface area contributed by atoms with Crippen molar-refractivity contribution in [1.29, 1.82) is 0 Å². The van der Waals surface area contributed by atoms with Gasteiger partial charge in [0.25, 0.3) is 0 Å². The van der Waals surface area contributed by atoms with Crippen LogP contribution in [-0.4, -0.2) is 10.9 Å². The first-order valence-electron chi connectivity index (χ1n) is 8.59. The van der Waals surface area contributed by atoms with Crippen LogP contribution in [0.2, 0.25) is 10.0 Å². The van der Waals surface area contributed by atoms with E-state index >= 15 is 0 Å². The molecule has 1 aromatic heterocycles. The summed E-state index contributed by atoms with van der Waals surface area (Å²) in [5, 5.41) is 3.74. The van der Waals surface area contributed by atoms with Crippen LogP contribution in [0.4, 0.5) is 5.82 Å². The number of aromatic nitrogens is 1. The fraction of sp³-hybridized carbons (Fsp3) is 0.0909. The third kappa shape index (κ3) is 5.35. The Kier molecular flexibility index (Phi) is 6.69. The Morgan fingerprint density at radius 2 is 1.96 bits per heavy atom. The van der Waals surface area contributed by atoms with E-state index in [1.807, 2.05) is 31.2 Å². The van der Waals surface area contributed by atoms with Crippen LogP contribution >= 0.6 is 23.2 Å². The number of aryl methyl sites for hydroxylation is 1. The van der Waals surface area contributed by atoms with Gasteiger partial charge in [0.05, 0.1) is 0 Å². The Morgan fingerprint density at radius 3 is 2.75 bits per heavy atom. The molecule has 1 N–H and O–H groups in total. The summed E-state index contributed by atoms with van der Waals surface area (Å²) in [7, 11) is 0. The van der Waals surface area contributed by atoms with Gasteiger partial charge in [0.15, 0.2) is 11.6 Å². The summed E-state index contributed by atoms with van der Waals surface area (Å²) in [6, 6.07) is 16.6. The van der Waals surface area contributed by atoms with Crippen LogP contribution < -0.4 is 10.1 Å². The minimum Gasteiger partial charge on any atom is -0.485 e. The Bertz CT molecular complexity index is 1020. The van der Waals surface area contributed by atoms with E-state index in [4.69, 9.17) is 27.9 Å². The summed E-state index contributed by atoms with van der Waals surface area (Å²) in [5.74, 6) is 0.510. The lowest BCUT2D eigenvalue weighted by Gasteiger charge is -2.12. The monoisotopic (exact) mass is 412 g/mol. The lowest BCUT2D eigenvalue weighted by molar-refractivity contribution is -0.111. The van der Waals surface area contributed by atoms with Crippen molar-refractivity contribution in [3.05, 3.63) is 93.6 Å². The molecule has 0 spiro atoms. The third-order valence-corrected chi connectivity index (χ3v) is 4.60. The Labute approximate surface area is 173 Å². The van der Waals surface area contributed by atoms with Gasteiger partial charge in [0.1, 0.15) is 6.61 Å². The molecular formula is C22H18Cl2N2O2. The Morgan fingerprint density at radius 1 is 1.14 bits per heavy atom. The van der Waals surface area contributed by atoms with Crippen molar-refractivity contribution in [2.45, 2.75) is 13.5 Å². The van der Waals surface area contributed by atoms with Crippen molar-refractivity contribution in [3.8, 4) is 5.75 Å². The molecule has 6 heteroatoms. The number of carbonyl (C=O) groups is 1. The van der Waals surface area contributed by atoms with Gasteiger partial charge >= 0.3 is 0 Å². The summed E-state index contributed by atoms with van der Waals surface area (Å²) < 4.78 is 5.86. The van der Waals surface area contributed by atoms with Crippen molar-refractivity contribution >= 4 is 41.0 Å². The molecule has 0 fully saturated rings. The predicted molar refractivity (Wildman–Crippen MR) is 114 cm³/mol. The van der Waals surface area contributed by atoms with Gasteiger partial charge in [-0.3, -0.25) is 4.79 Å². The zero-order chi connectivity index (χ0) is 19.9. The number of carbonyl (C=O) groups excluding carboxylic acids is 1. The van der Waals surface area contributed by atoms with Crippen LogP contribution in [0.5, 0.6) is 5.75 Å². The molecule has 0 bridgehead atoms. The van der Waals surface area contributed by atoms with Gasteiger partial charge in [-0.1, -0.05) is 53.5 Å². The first-order valence-corrected chi connectivity index (χ1v) is 9.35. The van der Waals surface area contributed by atoms with Crippen LogP contribution in [0, 0.1) is 6.92 Å². The molecule has 1 heterocycles. The minimum atomic E-state index is -0.342. The number of amides is 1. The average molecular weight is 413 g/mol. The van der Waals surface area contributed by atoms with E-state index in [0.717, 1.165) is 11.1 Å². The molecule has 0 saturated carbocycles. The van der Waals surface area contributed by atoms with Gasteiger partial charge in [-0.05, 0) is 54.0 Å². The predicted octanol–water partition coefficient (Wildman–Crippen LogP) is 5.93. The number of halogens is 2. The smallest absolute Gasteiger partial charge is 0.249 e. The molecule has 3 rings (SSSR count). The summed E-state index contributed by atoms with van der Waals surface area (Å²) in [6.07, 6.45) is 4.59. The molecule has 2 aromatic carbocycles. The van der Waals surface area contributed by atoms with E-state index in [-0.39, 0.29) is 5.91 Å². The molecule has 0 unspecified atom stereocenters. The zero-order valence-electron chi connectivity index (χ0n) is 15.2. The summed E-state index contributed by atoms with van der Waals surface area (Å²) in [4.78, 5) is 16.5. The van der Waals surface area contributed by atoms with Crippen molar-refractivity contribution in [3.63, 3.8) is 0 Å². The van der Waals surface area contributed by atoms with E-state index in [0.29, 0.717) is 33.8 Å². The zero-order valence-corrected chi connectivity index (χ0v) is 16.7. The molecule has 3 aromatic rings. The number of anilines is 1. The maximum absolute atomic E-state index is 12.3. The van der Waals surface area contributed by atoms with Crippen molar-refractivity contribution in [2.75, 3.05) is 5.32 Å². The molecule has 0 saturated heterocycles. The SMILES string of the molecule is Cc1ccccc1COc1cccnc1NC(=O)/C=C/c1ccc(Cl)cc1Cl. The van der Waals surface area contributed by atoms with Crippen molar-refractivity contribution < 1.29 is 9.53 Å². The van der Waals surface area contributed by atoms with Gasteiger partial charge in [-0.25, -0.2) is 4.98 Å². The van der Waals surface area contributed by atoms with E-state index < -0.39 is 0 Å². The molecular weight excluding hydrogens is 395 g/mol. The molecule has 28 heavy (non-hydrogen) atoms. The third-order valence-electron chi connectivity index (χ3n) is 4.03. The summed E-state index contributed by atoms with van der Waals surface area (Å²) in [5.41, 5.74) is 2.90. The fourth-order valence-electron chi connectivity index (χ4n) is 2.49. The van der Waals surface area contributed by atoms with E-state index in [1.54, 1.807) is 42.6 Å². The fourth-order valence-corrected chi connectivity index (χ4v) is 2.96. The summed E-state index contributed by atoms with van der Waals surface area (Å²) in [6.45, 7) is 2.41. The number of nitrogens with one attached hydrogen (secondary N) is 1. The lowest BCUT2D eigenvalue weighted by Crippen LogP contribution is -2.11. The van der Waals surface area contributed by atoms with Crippen LogP contribution in [0.25, 0.3) is 6.08 Å². The highest BCUT2D eigenvalue weighted by atomic mass is 35.5. The number of nitrogens with zero attached hydrogens (tertiary/aromatic N) is 1. The minimum absolute atomic E-state index is 0.342. The first-order chi connectivity index (χ1) is 13.5. The standard InChI is InChI=1S/C22H18Cl2N2O2/c1-15-5-2-3-6-17(15)14-28-20-7-4-12-25-22(20)26-21(27)11-9-16-8-10-18(23)13-19(16)24/h2-13H,14H2,1H3,(H,25,26,27)/b11-9+. The first kappa shape index (κ1) is 19.9. The average Bonchev–Trinajstić information content (AvgIpc) is 2.68. The Balaban J connectivity index is 1.68. The maximum Gasteiger partial charge on any atom is 0.249 e. The highest BCUT2D eigenvalue weighted by Gasteiger charge is 2.08. The van der Waals surface area contributed by atoms with E-state index in [1.165, 1.54) is 6.08 Å². The second kappa shape index (κ2) is 9.40. The molecule has 142 valence electrons. The van der Waals surface area contributed by atoms with E-state index in [9.17, 15) is 4.79 Å². The highest BCUT2D eigenvalue weighted by Crippen LogP contribution is 2.24. The van der Waals surface area contributed by atoms with Crippen molar-refractivity contribution in [2.24, 2.45) is 0 Å². The number of ether oxygens (including phenoxy) is 1. The topological polar surface area (TPSA) is 51.2 Å². The normalized spacial score (nSPS) is 10.8. The Hall–Kier alpha value is -2.82. The summed E-state index contributed by atoms with van der Waals surface area (Å²) >= 11 is 12.0. The van der Waals surface area contributed by atoms with Crippen LogP contribution in [0.3, 0.4) is 0 Å². The second-order valence-electron chi connectivity index (χ2n) is 6.05. The van der Waals surface area contributed by atoms with E-state index in [2.05, 4.69) is 10.3 Å². The number of rotatable bonds is 6. The molecule has 1 amide bonds. The highest BCUT2D eigenvalue weighted by molar-refractivity contribution is 6.35. The lowest BCUT2D eigenvalue weighted by atomic mass is 10.1. The quantitative estimate of drug-likeness (QED) is 0.510. The maximum atomic E-state index is 12.3. The number of benzene rings is 2. The second-order valence-corrected chi connectivity index (χ2v) is 6.90. The number of hydrogen-bond donors (Lipinski definition) is 1. The number of hydrogen-bond acceptors (Lipinski definition) is 3. The van der Waals surface area contributed by atoms with Crippen LogP contribution in [-0.2, 0) is 11.4 Å². The molecule has 0 aliphatic carbocycles. The molecule has 0 radical (unpaired) electrons. The van der Waals surface area contributed by atoms with Gasteiger partial charge in [0.2, 0.25) is 5.91 Å². The van der Waals surface area contributed by atoms with Crippen molar-refractivity contribution in [1.82, 2.24) is 4.98 Å². The molecule has 0 atom stereocenters. The van der Waals surface area contributed by atoms with Crippen LogP contribution in [0.15, 0.2) is 66.9 Å². The molecule has 0 aliphatic rings. The van der Waals surface area contributed by atoms with Crippen LogP contribution in [0.1, 0.15) is 16.7 Å². The molecule has 0 aliphatic heterocycles. The largest absolute Gasteiger partial charge is 0.485 e. The van der Waals surface area contributed by atoms with Gasteiger partial charge < -0.3 is 10.1 Å². The van der Waals surface area contributed by atoms with Gasteiger partial charge in [-0.2, -0.15) is 0 Å². The molecule has 4 nitrogen and oxygen atoms in total. The van der Waals surface area contributed by atoms with Gasteiger partial charge in [-0.15, -0.1) is 0 Å².